The highest BCUT2D eigenvalue weighted by molar-refractivity contribution is 7.99. The molecule has 2 unspecified atom stereocenters. The molecule has 1 aromatic rings. The minimum absolute atomic E-state index is 0.276. The van der Waals surface area contributed by atoms with Gasteiger partial charge in [0, 0.05) is 10.1 Å². The van der Waals surface area contributed by atoms with Gasteiger partial charge in [-0.2, -0.15) is 0 Å². The molecule has 0 heterocycles. The van der Waals surface area contributed by atoms with Crippen LogP contribution in [0.4, 0.5) is 0 Å². The molecule has 2 atom stereocenters. The zero-order chi connectivity index (χ0) is 14.3. The van der Waals surface area contributed by atoms with Gasteiger partial charge in [0.05, 0.1) is 5.54 Å². The van der Waals surface area contributed by atoms with E-state index in [0.29, 0.717) is 5.25 Å². The summed E-state index contributed by atoms with van der Waals surface area (Å²) < 4.78 is 0. The topological polar surface area (TPSA) is 55.1 Å². The van der Waals surface area contributed by atoms with Gasteiger partial charge in [-0.1, -0.05) is 32.0 Å². The molecule has 0 radical (unpaired) electrons. The normalized spacial score (nSPS) is 15.7. The number of thioether (sulfide) groups is 1. The smallest absolute Gasteiger partial charge is 0.237 e. The van der Waals surface area contributed by atoms with Crippen molar-refractivity contribution >= 4 is 17.7 Å². The second-order valence-electron chi connectivity index (χ2n) is 5.07. The summed E-state index contributed by atoms with van der Waals surface area (Å²) in [5.74, 6) is -0.276. The highest BCUT2D eigenvalue weighted by Crippen LogP contribution is 2.28. The maximum Gasteiger partial charge on any atom is 0.237 e. The molecular weight excluding hydrogens is 256 g/mol. The first-order valence-electron chi connectivity index (χ1n) is 6.74. The molecule has 4 heteroatoms. The van der Waals surface area contributed by atoms with E-state index in [1.165, 1.54) is 4.90 Å². The van der Waals surface area contributed by atoms with E-state index in [4.69, 9.17) is 5.73 Å². The second-order valence-corrected chi connectivity index (χ2v) is 6.58. The average molecular weight is 280 g/mol. The Labute approximate surface area is 120 Å². The zero-order valence-electron chi connectivity index (χ0n) is 12.0. The van der Waals surface area contributed by atoms with Crippen LogP contribution in [0.3, 0.4) is 0 Å². The molecule has 0 aliphatic carbocycles. The van der Waals surface area contributed by atoms with Gasteiger partial charge in [0.15, 0.2) is 0 Å². The molecular formula is C15H24N2OS. The molecule has 1 rings (SSSR count). The lowest BCUT2D eigenvalue weighted by Crippen LogP contribution is -2.54. The van der Waals surface area contributed by atoms with Gasteiger partial charge in [-0.15, -0.1) is 11.8 Å². The van der Waals surface area contributed by atoms with Crippen molar-refractivity contribution in [3.05, 3.63) is 30.3 Å². The number of nitrogens with one attached hydrogen (secondary N) is 1. The molecule has 0 fully saturated rings. The van der Waals surface area contributed by atoms with Crippen LogP contribution in [0.25, 0.3) is 0 Å². The number of rotatable bonds is 8. The predicted molar refractivity (Wildman–Crippen MR) is 82.3 cm³/mol. The average Bonchev–Trinajstić information content (AvgIpc) is 2.37. The summed E-state index contributed by atoms with van der Waals surface area (Å²) in [6.45, 7) is 6.91. The first-order chi connectivity index (χ1) is 8.98. The molecule has 106 valence electrons. The Bertz CT molecular complexity index is 396. The molecule has 1 aromatic carbocycles. The highest BCUT2D eigenvalue weighted by atomic mass is 32.2. The number of carbonyl (C=O) groups excluding carboxylic acids is 1. The molecule has 0 saturated heterocycles. The minimum Gasteiger partial charge on any atom is -0.368 e. The van der Waals surface area contributed by atoms with Crippen LogP contribution < -0.4 is 11.1 Å². The quantitative estimate of drug-likeness (QED) is 0.720. The van der Waals surface area contributed by atoms with Crippen LogP contribution in [0.5, 0.6) is 0 Å². The SMILES string of the molecule is CCCNC(C)(CC(C)Sc1ccccc1)C(N)=O. The van der Waals surface area contributed by atoms with Gasteiger partial charge in [0.1, 0.15) is 0 Å². The second kappa shape index (κ2) is 7.56. The highest BCUT2D eigenvalue weighted by Gasteiger charge is 2.32. The van der Waals surface area contributed by atoms with Crippen molar-refractivity contribution in [1.82, 2.24) is 5.32 Å². The summed E-state index contributed by atoms with van der Waals surface area (Å²) in [6, 6.07) is 10.2. The summed E-state index contributed by atoms with van der Waals surface area (Å²) in [5, 5.41) is 3.60. The molecule has 1 amide bonds. The van der Waals surface area contributed by atoms with Crippen molar-refractivity contribution < 1.29 is 4.79 Å². The molecule has 0 bridgehead atoms. The Morgan fingerprint density at radius 2 is 2.05 bits per heavy atom. The van der Waals surface area contributed by atoms with E-state index in [9.17, 15) is 4.79 Å². The number of primary amides is 1. The van der Waals surface area contributed by atoms with E-state index < -0.39 is 5.54 Å². The van der Waals surface area contributed by atoms with Gasteiger partial charge < -0.3 is 11.1 Å². The monoisotopic (exact) mass is 280 g/mol. The fourth-order valence-electron chi connectivity index (χ4n) is 2.01. The van der Waals surface area contributed by atoms with Crippen molar-refractivity contribution in [3.63, 3.8) is 0 Å². The van der Waals surface area contributed by atoms with Crippen LogP contribution in [0.15, 0.2) is 35.2 Å². The Morgan fingerprint density at radius 3 is 2.58 bits per heavy atom. The van der Waals surface area contributed by atoms with Crippen molar-refractivity contribution in [2.75, 3.05) is 6.54 Å². The van der Waals surface area contributed by atoms with Gasteiger partial charge in [0.25, 0.3) is 0 Å². The molecule has 0 saturated carbocycles. The van der Waals surface area contributed by atoms with Crippen molar-refractivity contribution in [3.8, 4) is 0 Å². The Hall–Kier alpha value is -1.00. The minimum atomic E-state index is -0.628. The van der Waals surface area contributed by atoms with E-state index in [-0.39, 0.29) is 5.91 Å². The largest absolute Gasteiger partial charge is 0.368 e. The van der Waals surface area contributed by atoms with Crippen LogP contribution in [-0.2, 0) is 4.79 Å². The van der Waals surface area contributed by atoms with Crippen LogP contribution in [0.2, 0.25) is 0 Å². The molecule has 19 heavy (non-hydrogen) atoms. The predicted octanol–water partition coefficient (Wildman–Crippen LogP) is 2.80. The number of hydrogen-bond acceptors (Lipinski definition) is 3. The standard InChI is InChI=1S/C15H24N2OS/c1-4-10-17-15(3,14(16)18)11-12(2)19-13-8-6-5-7-9-13/h5-9,12,17H,4,10-11H2,1-3H3,(H2,16,18). The van der Waals surface area contributed by atoms with Crippen LogP contribution in [-0.4, -0.2) is 23.2 Å². The number of nitrogens with two attached hydrogens (primary N) is 1. The summed E-state index contributed by atoms with van der Waals surface area (Å²) >= 11 is 1.77. The first-order valence-corrected chi connectivity index (χ1v) is 7.62. The number of hydrogen-bond donors (Lipinski definition) is 2. The third-order valence-electron chi connectivity index (χ3n) is 3.09. The Balaban J connectivity index is 2.61. The fraction of sp³-hybridized carbons (Fsp3) is 0.533. The molecule has 0 spiro atoms. The van der Waals surface area contributed by atoms with Gasteiger partial charge in [-0.3, -0.25) is 4.79 Å². The van der Waals surface area contributed by atoms with Crippen molar-refractivity contribution in [1.29, 1.82) is 0 Å². The number of amides is 1. The first kappa shape index (κ1) is 16.1. The van der Waals surface area contributed by atoms with E-state index >= 15 is 0 Å². The molecule has 0 aromatic heterocycles. The zero-order valence-corrected chi connectivity index (χ0v) is 12.8. The van der Waals surface area contributed by atoms with Crippen molar-refractivity contribution in [2.24, 2.45) is 5.73 Å². The van der Waals surface area contributed by atoms with Gasteiger partial charge in [-0.25, -0.2) is 0 Å². The van der Waals surface area contributed by atoms with Gasteiger partial charge in [0.2, 0.25) is 5.91 Å². The van der Waals surface area contributed by atoms with Gasteiger partial charge in [-0.05, 0) is 38.4 Å². The molecule has 3 N–H and O–H groups in total. The van der Waals surface area contributed by atoms with Crippen molar-refractivity contribution in [2.45, 2.75) is 49.3 Å². The summed E-state index contributed by atoms with van der Waals surface area (Å²) in [6.07, 6.45) is 1.71. The molecule has 3 nitrogen and oxygen atoms in total. The van der Waals surface area contributed by atoms with E-state index in [2.05, 4.69) is 31.3 Å². The van der Waals surface area contributed by atoms with Crippen LogP contribution >= 0.6 is 11.8 Å². The summed E-state index contributed by atoms with van der Waals surface area (Å²) in [7, 11) is 0. The van der Waals surface area contributed by atoms with Crippen LogP contribution in [0, 0.1) is 0 Å². The summed E-state index contributed by atoms with van der Waals surface area (Å²) in [5.41, 5.74) is 4.91. The number of benzene rings is 1. The van der Waals surface area contributed by atoms with Crippen LogP contribution in [0.1, 0.15) is 33.6 Å². The van der Waals surface area contributed by atoms with E-state index in [1.54, 1.807) is 11.8 Å². The number of carbonyl (C=O) groups is 1. The molecule has 0 aliphatic rings. The maximum absolute atomic E-state index is 11.7. The van der Waals surface area contributed by atoms with E-state index in [0.717, 1.165) is 19.4 Å². The summed E-state index contributed by atoms with van der Waals surface area (Å²) in [4.78, 5) is 12.9. The van der Waals surface area contributed by atoms with E-state index in [1.807, 2.05) is 25.1 Å². The van der Waals surface area contributed by atoms with Gasteiger partial charge >= 0.3 is 0 Å². The third kappa shape index (κ3) is 5.25. The maximum atomic E-state index is 11.7. The lowest BCUT2D eigenvalue weighted by atomic mass is 9.95. The fourth-order valence-corrected chi connectivity index (χ4v) is 3.20. The lowest BCUT2D eigenvalue weighted by molar-refractivity contribution is -0.124. The lowest BCUT2D eigenvalue weighted by Gasteiger charge is -2.30. The molecule has 0 aliphatic heterocycles. The Morgan fingerprint density at radius 1 is 1.42 bits per heavy atom. The third-order valence-corrected chi connectivity index (χ3v) is 4.20. The Kier molecular flexibility index (Phi) is 6.38.